The van der Waals surface area contributed by atoms with Gasteiger partial charge in [0.1, 0.15) is 24.0 Å². The molecule has 0 bridgehead atoms. The number of piperidine rings is 1. The predicted octanol–water partition coefficient (Wildman–Crippen LogP) is 3.01. The topological polar surface area (TPSA) is 54.0 Å². The highest BCUT2D eigenvalue weighted by Gasteiger charge is 2.22. The van der Waals surface area contributed by atoms with Gasteiger partial charge in [-0.25, -0.2) is 9.97 Å². The van der Waals surface area contributed by atoms with Gasteiger partial charge in [-0.2, -0.15) is 0 Å². The number of nitrogens with zero attached hydrogens (tertiary/aromatic N) is 3. The molecule has 3 aromatic rings. The van der Waals surface area contributed by atoms with Gasteiger partial charge in [-0.15, -0.1) is 0 Å². The van der Waals surface area contributed by atoms with Crippen molar-refractivity contribution >= 4 is 16.7 Å². The first-order valence-electron chi connectivity index (χ1n) is 7.64. The third kappa shape index (κ3) is 2.50. The van der Waals surface area contributed by atoms with Crippen LogP contribution < -0.4 is 9.64 Å². The van der Waals surface area contributed by atoms with Crippen molar-refractivity contribution in [1.82, 2.24) is 15.0 Å². The first-order chi connectivity index (χ1) is 10.9. The molecule has 0 aliphatic carbocycles. The van der Waals surface area contributed by atoms with Crippen molar-refractivity contribution in [3.63, 3.8) is 0 Å². The highest BCUT2D eigenvalue weighted by molar-refractivity contribution is 5.85. The number of H-pyrrole nitrogens is 1. The standard InChI is InChI=1S/C17H18N4O/c1-2-15-14(4-9-19-15)16(3-1)22-13-6-10-21(11-7-13)17-5-8-18-12-20-17/h1-5,8-9,12-13,19H,6-7,10-11H2. The zero-order valence-corrected chi connectivity index (χ0v) is 12.3. The largest absolute Gasteiger partial charge is 0.490 e. The number of aromatic nitrogens is 3. The monoisotopic (exact) mass is 294 g/mol. The van der Waals surface area contributed by atoms with Gasteiger partial charge in [0.25, 0.3) is 0 Å². The Kier molecular flexibility index (Phi) is 3.39. The van der Waals surface area contributed by atoms with Gasteiger partial charge in [0.15, 0.2) is 0 Å². The number of hydrogen-bond acceptors (Lipinski definition) is 4. The van der Waals surface area contributed by atoms with E-state index in [1.807, 2.05) is 24.4 Å². The lowest BCUT2D eigenvalue weighted by Gasteiger charge is -2.32. The summed E-state index contributed by atoms with van der Waals surface area (Å²) in [4.78, 5) is 13.8. The SMILES string of the molecule is c1cc(OC2CCN(c3ccncn3)CC2)c2cc[nH]c2c1. The van der Waals surface area contributed by atoms with E-state index >= 15 is 0 Å². The molecule has 0 amide bonds. The Balaban J connectivity index is 1.43. The van der Waals surface area contributed by atoms with E-state index < -0.39 is 0 Å². The fourth-order valence-corrected chi connectivity index (χ4v) is 3.01. The highest BCUT2D eigenvalue weighted by atomic mass is 16.5. The lowest BCUT2D eigenvalue weighted by Crippen LogP contribution is -2.38. The minimum absolute atomic E-state index is 0.263. The summed E-state index contributed by atoms with van der Waals surface area (Å²) in [5, 5.41) is 1.15. The van der Waals surface area contributed by atoms with E-state index in [1.165, 1.54) is 0 Å². The van der Waals surface area contributed by atoms with E-state index in [4.69, 9.17) is 4.74 Å². The van der Waals surface area contributed by atoms with Gasteiger partial charge < -0.3 is 14.6 Å². The summed E-state index contributed by atoms with van der Waals surface area (Å²) in [6, 6.07) is 10.2. The van der Waals surface area contributed by atoms with E-state index in [1.54, 1.807) is 12.5 Å². The second kappa shape index (κ2) is 5.67. The molecule has 3 heterocycles. The number of hydrogen-bond donors (Lipinski definition) is 1. The minimum Gasteiger partial charge on any atom is -0.490 e. The zero-order chi connectivity index (χ0) is 14.8. The summed E-state index contributed by atoms with van der Waals surface area (Å²) < 4.78 is 6.23. The molecule has 5 heteroatoms. The number of ether oxygens (including phenoxy) is 1. The molecule has 1 aromatic carbocycles. The first kappa shape index (κ1) is 13.1. The van der Waals surface area contributed by atoms with Crippen LogP contribution in [-0.4, -0.2) is 34.1 Å². The van der Waals surface area contributed by atoms with Crippen molar-refractivity contribution in [3.05, 3.63) is 49.1 Å². The maximum atomic E-state index is 6.23. The molecular formula is C17H18N4O. The third-order valence-electron chi connectivity index (χ3n) is 4.18. The van der Waals surface area contributed by atoms with Crippen LogP contribution >= 0.6 is 0 Å². The molecule has 0 spiro atoms. The molecule has 0 atom stereocenters. The van der Waals surface area contributed by atoms with Crippen LogP contribution in [0.5, 0.6) is 5.75 Å². The Morgan fingerprint density at radius 1 is 1.14 bits per heavy atom. The number of aromatic amines is 1. The lowest BCUT2D eigenvalue weighted by molar-refractivity contribution is 0.173. The van der Waals surface area contributed by atoms with Gasteiger partial charge in [0.05, 0.1) is 0 Å². The Morgan fingerprint density at radius 2 is 2.05 bits per heavy atom. The summed E-state index contributed by atoms with van der Waals surface area (Å²) >= 11 is 0. The summed E-state index contributed by atoms with van der Waals surface area (Å²) in [7, 11) is 0. The number of nitrogens with one attached hydrogen (secondary N) is 1. The molecule has 1 aliphatic rings. The van der Waals surface area contributed by atoms with Crippen LogP contribution in [-0.2, 0) is 0 Å². The second-order valence-electron chi connectivity index (χ2n) is 5.57. The first-order valence-corrected chi connectivity index (χ1v) is 7.64. The number of benzene rings is 1. The van der Waals surface area contributed by atoms with Crippen molar-refractivity contribution in [3.8, 4) is 5.75 Å². The molecule has 1 aliphatic heterocycles. The average molecular weight is 294 g/mol. The van der Waals surface area contributed by atoms with Crippen molar-refractivity contribution in [2.45, 2.75) is 18.9 Å². The maximum Gasteiger partial charge on any atom is 0.131 e. The number of anilines is 1. The average Bonchev–Trinajstić information content (AvgIpc) is 3.06. The number of fused-ring (bicyclic) bond motifs is 1. The van der Waals surface area contributed by atoms with Gasteiger partial charge >= 0.3 is 0 Å². The summed E-state index contributed by atoms with van der Waals surface area (Å²) in [5.74, 6) is 1.97. The van der Waals surface area contributed by atoms with E-state index in [9.17, 15) is 0 Å². The van der Waals surface area contributed by atoms with Gasteiger partial charge in [0.2, 0.25) is 0 Å². The van der Waals surface area contributed by atoms with E-state index in [2.05, 4.69) is 32.0 Å². The van der Waals surface area contributed by atoms with Gasteiger partial charge in [0, 0.05) is 49.2 Å². The van der Waals surface area contributed by atoms with E-state index in [-0.39, 0.29) is 6.10 Å². The smallest absolute Gasteiger partial charge is 0.131 e. The van der Waals surface area contributed by atoms with Crippen LogP contribution in [0.25, 0.3) is 10.9 Å². The van der Waals surface area contributed by atoms with E-state index in [0.717, 1.165) is 48.4 Å². The van der Waals surface area contributed by atoms with Crippen LogP contribution in [0.4, 0.5) is 5.82 Å². The van der Waals surface area contributed by atoms with Crippen LogP contribution in [0.3, 0.4) is 0 Å². The maximum absolute atomic E-state index is 6.23. The van der Waals surface area contributed by atoms with Gasteiger partial charge in [-0.05, 0) is 24.3 Å². The van der Waals surface area contributed by atoms with Crippen LogP contribution in [0.15, 0.2) is 49.1 Å². The van der Waals surface area contributed by atoms with E-state index in [0.29, 0.717) is 0 Å². The van der Waals surface area contributed by atoms with Gasteiger partial charge in [-0.1, -0.05) is 6.07 Å². The van der Waals surface area contributed by atoms with Crippen molar-refractivity contribution in [2.24, 2.45) is 0 Å². The van der Waals surface area contributed by atoms with Crippen LogP contribution in [0, 0.1) is 0 Å². The molecule has 2 aromatic heterocycles. The molecular weight excluding hydrogens is 276 g/mol. The lowest BCUT2D eigenvalue weighted by atomic mass is 10.1. The minimum atomic E-state index is 0.263. The third-order valence-corrected chi connectivity index (χ3v) is 4.18. The Bertz CT molecular complexity index is 747. The summed E-state index contributed by atoms with van der Waals surface area (Å²) in [6.45, 7) is 1.93. The molecule has 0 radical (unpaired) electrons. The van der Waals surface area contributed by atoms with Crippen LogP contribution in [0.1, 0.15) is 12.8 Å². The molecule has 1 fully saturated rings. The number of rotatable bonds is 3. The molecule has 4 rings (SSSR count). The van der Waals surface area contributed by atoms with Crippen molar-refractivity contribution < 1.29 is 4.74 Å². The van der Waals surface area contributed by atoms with Gasteiger partial charge in [-0.3, -0.25) is 0 Å². The Hall–Kier alpha value is -2.56. The normalized spacial score (nSPS) is 16.1. The molecule has 112 valence electrons. The summed E-state index contributed by atoms with van der Waals surface area (Å²) in [6.07, 6.45) is 7.62. The Morgan fingerprint density at radius 3 is 2.86 bits per heavy atom. The fraction of sp³-hybridized carbons (Fsp3) is 0.294. The highest BCUT2D eigenvalue weighted by Crippen LogP contribution is 2.28. The molecule has 5 nitrogen and oxygen atoms in total. The molecule has 1 N–H and O–H groups in total. The molecule has 1 saturated heterocycles. The molecule has 0 saturated carbocycles. The second-order valence-corrected chi connectivity index (χ2v) is 5.57. The zero-order valence-electron chi connectivity index (χ0n) is 12.3. The molecule has 22 heavy (non-hydrogen) atoms. The predicted molar refractivity (Wildman–Crippen MR) is 86.2 cm³/mol. The van der Waals surface area contributed by atoms with Crippen LogP contribution in [0.2, 0.25) is 0 Å². The van der Waals surface area contributed by atoms with Crippen molar-refractivity contribution in [1.29, 1.82) is 0 Å². The van der Waals surface area contributed by atoms with Crippen molar-refractivity contribution in [2.75, 3.05) is 18.0 Å². The Labute approximate surface area is 129 Å². The quantitative estimate of drug-likeness (QED) is 0.807. The molecule has 0 unspecified atom stereocenters. The summed E-state index contributed by atoms with van der Waals surface area (Å²) in [5.41, 5.74) is 1.12. The fourth-order valence-electron chi connectivity index (χ4n) is 3.01.